The van der Waals surface area contributed by atoms with Gasteiger partial charge in [0.25, 0.3) is 0 Å². The van der Waals surface area contributed by atoms with Crippen molar-refractivity contribution in [2.75, 3.05) is 30.9 Å². The highest BCUT2D eigenvalue weighted by atomic mass is 79.9. The Labute approximate surface area is 179 Å². The maximum atomic E-state index is 14.3. The van der Waals surface area contributed by atoms with Gasteiger partial charge in [0, 0.05) is 24.1 Å². The van der Waals surface area contributed by atoms with Gasteiger partial charge in [-0.25, -0.2) is 4.39 Å². The summed E-state index contributed by atoms with van der Waals surface area (Å²) in [6, 6.07) is 12.4. The molecule has 2 aromatic carbocycles. The number of rotatable bonds is 6. The average Bonchev–Trinajstić information content (AvgIpc) is 2.72. The monoisotopic (exact) mass is 466 g/mol. The highest BCUT2D eigenvalue weighted by Crippen LogP contribution is 2.25. The number of ketones is 1. The molecule has 1 heterocycles. The van der Waals surface area contributed by atoms with Gasteiger partial charge >= 0.3 is 0 Å². The van der Waals surface area contributed by atoms with Crippen molar-refractivity contribution in [3.63, 3.8) is 0 Å². The lowest BCUT2D eigenvalue weighted by atomic mass is 10.1. The smallest absolute Gasteiger partial charge is 0.185 e. The predicted molar refractivity (Wildman–Crippen MR) is 120 cm³/mol. The number of nitrogens with zero attached hydrogens (tertiary/aromatic N) is 2. The number of halogens is 2. The van der Waals surface area contributed by atoms with Crippen LogP contribution in [0.3, 0.4) is 0 Å². The molecule has 0 aliphatic carbocycles. The van der Waals surface area contributed by atoms with Crippen molar-refractivity contribution < 1.29 is 13.9 Å². The van der Waals surface area contributed by atoms with Crippen LogP contribution in [0.25, 0.3) is 0 Å². The molecular weight excluding hydrogens is 443 g/mol. The minimum Gasteiger partial charge on any atom is -0.497 e. The summed E-state index contributed by atoms with van der Waals surface area (Å²) in [5, 5.41) is 0.813. The Morgan fingerprint density at radius 3 is 2.57 bits per heavy atom. The lowest BCUT2D eigenvalue weighted by molar-refractivity contribution is 0.0998. The number of aryl methyl sites for hydroxylation is 1. The van der Waals surface area contributed by atoms with Gasteiger partial charge in [0.1, 0.15) is 11.6 Å². The Hall–Kier alpha value is -1.86. The van der Waals surface area contributed by atoms with Crippen LogP contribution in [-0.2, 0) is 6.42 Å². The van der Waals surface area contributed by atoms with E-state index in [1.54, 1.807) is 17.8 Å². The van der Waals surface area contributed by atoms with E-state index in [0.29, 0.717) is 5.75 Å². The van der Waals surface area contributed by atoms with Gasteiger partial charge in [-0.05, 0) is 42.7 Å². The fraction of sp³-hybridized carbons (Fsp3) is 0.333. The summed E-state index contributed by atoms with van der Waals surface area (Å²) < 4.78 is 19.3. The molecule has 4 nitrogen and oxygen atoms in total. The molecule has 1 aliphatic rings. The molecule has 0 amide bonds. The zero-order valence-electron chi connectivity index (χ0n) is 16.0. The summed E-state index contributed by atoms with van der Waals surface area (Å²) in [5.74, 6) is 0.499. The summed E-state index contributed by atoms with van der Waals surface area (Å²) in [5.41, 5.74) is 2.18. The second-order valence-electron chi connectivity index (χ2n) is 6.24. The number of benzene rings is 2. The molecule has 0 spiro atoms. The summed E-state index contributed by atoms with van der Waals surface area (Å²) in [4.78, 5) is 19.3. The van der Waals surface area contributed by atoms with Crippen LogP contribution in [0, 0.1) is 5.82 Å². The lowest BCUT2D eigenvalue weighted by Crippen LogP contribution is -2.35. The van der Waals surface area contributed by atoms with Gasteiger partial charge in [-0.3, -0.25) is 9.79 Å². The third-order valence-corrected chi connectivity index (χ3v) is 5.55. The average molecular weight is 467 g/mol. The highest BCUT2D eigenvalue weighted by molar-refractivity contribution is 8.93. The van der Waals surface area contributed by atoms with Gasteiger partial charge in [0.05, 0.1) is 19.2 Å². The molecule has 150 valence electrons. The number of aliphatic imine (C=N–C) groups is 1. The first-order chi connectivity index (χ1) is 13.1. The molecule has 7 heteroatoms. The van der Waals surface area contributed by atoms with Crippen molar-refractivity contribution in [1.82, 2.24) is 0 Å². The molecule has 1 aliphatic heterocycles. The van der Waals surface area contributed by atoms with E-state index in [4.69, 9.17) is 4.74 Å². The summed E-state index contributed by atoms with van der Waals surface area (Å²) in [6.45, 7) is 2.89. The number of thioether (sulfide) groups is 1. The molecule has 0 atom stereocenters. The molecule has 0 aromatic heterocycles. The van der Waals surface area contributed by atoms with Gasteiger partial charge in [-0.2, -0.15) is 0 Å². The van der Waals surface area contributed by atoms with Crippen LogP contribution in [0.5, 0.6) is 5.75 Å². The highest BCUT2D eigenvalue weighted by Gasteiger charge is 2.22. The molecule has 0 N–H and O–H groups in total. The van der Waals surface area contributed by atoms with E-state index in [9.17, 15) is 9.18 Å². The van der Waals surface area contributed by atoms with E-state index in [2.05, 4.69) is 24.0 Å². The minimum absolute atomic E-state index is 0. The Morgan fingerprint density at radius 1 is 1.25 bits per heavy atom. The second kappa shape index (κ2) is 10.6. The second-order valence-corrected chi connectivity index (χ2v) is 7.30. The third-order valence-electron chi connectivity index (χ3n) is 4.45. The normalized spacial score (nSPS) is 13.3. The van der Waals surface area contributed by atoms with Crippen LogP contribution in [0.15, 0.2) is 47.5 Å². The number of ether oxygens (including phenoxy) is 1. The number of hydrogen-bond acceptors (Lipinski definition) is 5. The first kappa shape index (κ1) is 22.4. The van der Waals surface area contributed by atoms with E-state index in [0.717, 1.165) is 36.0 Å². The zero-order chi connectivity index (χ0) is 19.2. The maximum absolute atomic E-state index is 14.3. The first-order valence-electron chi connectivity index (χ1n) is 9.03. The van der Waals surface area contributed by atoms with Crippen molar-refractivity contribution in [3.05, 3.63) is 59.4 Å². The molecule has 0 fully saturated rings. The number of anilines is 1. The van der Waals surface area contributed by atoms with Gasteiger partial charge in [-0.1, -0.05) is 30.8 Å². The first-order valence-corrected chi connectivity index (χ1v) is 10.0. The van der Waals surface area contributed by atoms with Crippen molar-refractivity contribution in [2.24, 2.45) is 4.99 Å². The Morgan fingerprint density at radius 2 is 2.00 bits per heavy atom. The maximum Gasteiger partial charge on any atom is 0.185 e. The van der Waals surface area contributed by atoms with Crippen LogP contribution in [-0.4, -0.2) is 36.9 Å². The van der Waals surface area contributed by atoms with Crippen molar-refractivity contribution >= 4 is 45.4 Å². The van der Waals surface area contributed by atoms with Crippen LogP contribution in [0.1, 0.15) is 29.3 Å². The predicted octanol–water partition coefficient (Wildman–Crippen LogP) is 5.16. The topological polar surface area (TPSA) is 41.9 Å². The van der Waals surface area contributed by atoms with Gasteiger partial charge in [-0.15, -0.1) is 17.0 Å². The largest absolute Gasteiger partial charge is 0.497 e. The molecule has 0 bridgehead atoms. The molecule has 0 radical (unpaired) electrons. The van der Waals surface area contributed by atoms with Crippen molar-refractivity contribution in [1.29, 1.82) is 0 Å². The Kier molecular flexibility index (Phi) is 8.51. The quantitative estimate of drug-likeness (QED) is 0.551. The number of amidine groups is 1. The Bertz CT molecular complexity index is 843. The van der Waals surface area contributed by atoms with E-state index < -0.39 is 5.82 Å². The molecule has 0 saturated carbocycles. The number of Topliss-reactive ketones (excluding diaryl/α,β-unsaturated/α-hetero) is 1. The van der Waals surface area contributed by atoms with Crippen molar-refractivity contribution in [3.8, 4) is 5.75 Å². The van der Waals surface area contributed by atoms with Crippen LogP contribution < -0.4 is 9.64 Å². The van der Waals surface area contributed by atoms with E-state index in [-0.39, 0.29) is 34.9 Å². The van der Waals surface area contributed by atoms with Crippen LogP contribution in [0.2, 0.25) is 0 Å². The fourth-order valence-corrected chi connectivity index (χ4v) is 3.83. The molecular formula is C21H24BrFN2O2S. The molecule has 28 heavy (non-hydrogen) atoms. The van der Waals surface area contributed by atoms with E-state index >= 15 is 0 Å². The minimum atomic E-state index is -0.570. The Balaban J connectivity index is 0.00000280. The van der Waals surface area contributed by atoms with Gasteiger partial charge in [0.2, 0.25) is 0 Å². The van der Waals surface area contributed by atoms with Crippen molar-refractivity contribution in [2.45, 2.75) is 19.8 Å². The van der Waals surface area contributed by atoms with Gasteiger partial charge in [0.15, 0.2) is 11.0 Å². The van der Waals surface area contributed by atoms with Crippen LogP contribution in [0.4, 0.5) is 10.1 Å². The summed E-state index contributed by atoms with van der Waals surface area (Å²) >= 11 is 1.63. The molecule has 2 aromatic rings. The zero-order valence-corrected chi connectivity index (χ0v) is 18.5. The molecule has 0 saturated heterocycles. The third kappa shape index (κ3) is 5.35. The fourth-order valence-electron chi connectivity index (χ4n) is 2.87. The number of carbonyl (C=O) groups is 1. The SMILES string of the molecule is Br.CCc1ccc(N(CC(=O)c2ccc(OC)cc2F)C2=NCCCS2)cc1. The van der Waals surface area contributed by atoms with Gasteiger partial charge < -0.3 is 9.64 Å². The van der Waals surface area contributed by atoms with E-state index in [1.807, 2.05) is 17.0 Å². The standard InChI is InChI=1S/C21H23FN2O2S.BrH/c1-3-15-5-7-16(8-6-15)24(21-23-11-4-12-27-21)14-20(25)18-10-9-17(26-2)13-19(18)22;/h5-10,13H,3-4,11-12,14H2,1-2H3;1H. The van der Waals surface area contributed by atoms with E-state index in [1.165, 1.54) is 24.8 Å². The molecule has 0 unspecified atom stereocenters. The summed E-state index contributed by atoms with van der Waals surface area (Å²) in [6.07, 6.45) is 1.98. The molecule has 3 rings (SSSR count). The number of methoxy groups -OCH3 is 1. The number of hydrogen-bond donors (Lipinski definition) is 0. The van der Waals surface area contributed by atoms with Crippen LogP contribution >= 0.6 is 28.7 Å². The lowest BCUT2D eigenvalue weighted by Gasteiger charge is -2.27. The summed E-state index contributed by atoms with van der Waals surface area (Å²) in [7, 11) is 1.47. The number of carbonyl (C=O) groups excluding carboxylic acids is 1.